The first-order valence-corrected chi connectivity index (χ1v) is 9.30. The van der Waals surface area contributed by atoms with Gasteiger partial charge in [-0.3, -0.25) is 14.8 Å². The van der Waals surface area contributed by atoms with Crippen LogP contribution in [0.1, 0.15) is 18.4 Å². The van der Waals surface area contributed by atoms with E-state index in [9.17, 15) is 4.79 Å². The monoisotopic (exact) mass is 379 g/mol. The summed E-state index contributed by atoms with van der Waals surface area (Å²) in [5.41, 5.74) is 1.57. The number of aryl methyl sites for hydroxylation is 1. The molecule has 124 valence electrons. The fourth-order valence-corrected chi connectivity index (χ4v) is 3.95. The van der Waals surface area contributed by atoms with Crippen LogP contribution in [0.5, 0.6) is 0 Å². The fraction of sp³-hybridized carbons (Fsp3) is 0.200. The number of anilines is 2. The quantitative estimate of drug-likeness (QED) is 0.672. The maximum absolute atomic E-state index is 12.1. The molecule has 24 heavy (non-hydrogen) atoms. The highest BCUT2D eigenvalue weighted by Gasteiger charge is 2.18. The van der Waals surface area contributed by atoms with Crippen LogP contribution in [0.15, 0.2) is 34.8 Å². The molecule has 6 nitrogen and oxygen atoms in total. The van der Waals surface area contributed by atoms with Crippen molar-refractivity contribution in [2.75, 3.05) is 4.90 Å². The van der Waals surface area contributed by atoms with E-state index in [1.807, 2.05) is 24.4 Å². The molecule has 0 aliphatic carbocycles. The molecule has 2 aromatic heterocycles. The number of nitrogens with one attached hydrogen (secondary N) is 1. The van der Waals surface area contributed by atoms with Gasteiger partial charge in [0.15, 0.2) is 5.13 Å². The standard InChI is InChI=1S/C15H14ClN5OS2/c1-9-17-14(20-19-9)23-7-12-8-24-15(18-12)21(10(2)22)13-5-3-4-11(16)6-13/h3-6,8H,7H2,1-2H3,(H,17,19,20). The van der Waals surface area contributed by atoms with Gasteiger partial charge in [-0.25, -0.2) is 9.97 Å². The number of amides is 1. The summed E-state index contributed by atoms with van der Waals surface area (Å²) in [6.07, 6.45) is 0. The van der Waals surface area contributed by atoms with Crippen molar-refractivity contribution in [1.29, 1.82) is 0 Å². The van der Waals surface area contributed by atoms with E-state index in [0.717, 1.165) is 11.5 Å². The van der Waals surface area contributed by atoms with E-state index in [1.54, 1.807) is 17.0 Å². The van der Waals surface area contributed by atoms with Gasteiger partial charge < -0.3 is 0 Å². The molecule has 1 amide bonds. The van der Waals surface area contributed by atoms with Gasteiger partial charge in [0.25, 0.3) is 0 Å². The Kier molecular flexibility index (Phi) is 5.17. The third kappa shape index (κ3) is 3.95. The number of nitrogens with zero attached hydrogens (tertiary/aromatic N) is 4. The highest BCUT2D eigenvalue weighted by Crippen LogP contribution is 2.31. The summed E-state index contributed by atoms with van der Waals surface area (Å²) >= 11 is 8.94. The molecule has 3 rings (SSSR count). The Morgan fingerprint density at radius 1 is 1.42 bits per heavy atom. The number of H-pyrrole nitrogens is 1. The topological polar surface area (TPSA) is 74.8 Å². The van der Waals surface area contributed by atoms with Gasteiger partial charge in [0.05, 0.1) is 11.4 Å². The zero-order valence-corrected chi connectivity index (χ0v) is 15.4. The van der Waals surface area contributed by atoms with Crippen molar-refractivity contribution >= 4 is 51.4 Å². The van der Waals surface area contributed by atoms with E-state index < -0.39 is 0 Å². The Hall–Kier alpha value is -1.90. The Morgan fingerprint density at radius 2 is 2.25 bits per heavy atom. The Labute approximate surface area is 152 Å². The summed E-state index contributed by atoms with van der Waals surface area (Å²) in [5.74, 6) is 1.30. The second-order valence-corrected chi connectivity index (χ2v) is 7.16. The molecule has 0 bridgehead atoms. The number of halogens is 1. The first-order valence-electron chi connectivity index (χ1n) is 7.05. The fourth-order valence-electron chi connectivity index (χ4n) is 2.03. The Balaban J connectivity index is 1.78. The minimum atomic E-state index is -0.115. The third-order valence-corrected chi connectivity index (χ3v) is 5.03. The SMILES string of the molecule is CC(=O)N(c1cccc(Cl)c1)c1nc(CSc2n[nH]c(C)n2)cs1. The molecule has 0 radical (unpaired) electrons. The van der Waals surface area contributed by atoms with Gasteiger partial charge in [-0.2, -0.15) is 0 Å². The van der Waals surface area contributed by atoms with Gasteiger partial charge in [-0.15, -0.1) is 16.4 Å². The lowest BCUT2D eigenvalue weighted by atomic mass is 10.3. The highest BCUT2D eigenvalue weighted by molar-refractivity contribution is 7.98. The number of thiazole rings is 1. The van der Waals surface area contributed by atoms with Crippen molar-refractivity contribution in [2.45, 2.75) is 24.8 Å². The molecule has 0 unspecified atom stereocenters. The summed E-state index contributed by atoms with van der Waals surface area (Å²) < 4.78 is 0. The van der Waals surface area contributed by atoms with Gasteiger partial charge in [0, 0.05) is 23.1 Å². The third-order valence-electron chi connectivity index (χ3n) is 3.04. The summed E-state index contributed by atoms with van der Waals surface area (Å²) in [7, 11) is 0. The van der Waals surface area contributed by atoms with Crippen molar-refractivity contribution in [3.05, 3.63) is 46.2 Å². The Bertz CT molecular complexity index is 863. The van der Waals surface area contributed by atoms with Crippen LogP contribution < -0.4 is 4.90 Å². The van der Waals surface area contributed by atoms with Crippen LogP contribution in [-0.2, 0) is 10.5 Å². The number of thioether (sulfide) groups is 1. The summed E-state index contributed by atoms with van der Waals surface area (Å²) in [6, 6.07) is 7.16. The molecule has 3 aromatic rings. The number of aromatic nitrogens is 4. The number of carbonyl (C=O) groups is 1. The van der Waals surface area contributed by atoms with Crippen molar-refractivity contribution in [1.82, 2.24) is 20.2 Å². The van der Waals surface area contributed by atoms with Crippen molar-refractivity contribution in [3.63, 3.8) is 0 Å². The molecular weight excluding hydrogens is 366 g/mol. The summed E-state index contributed by atoms with van der Waals surface area (Å²) in [6.45, 7) is 3.36. The van der Waals surface area contributed by atoms with Gasteiger partial charge >= 0.3 is 0 Å². The van der Waals surface area contributed by atoms with Gasteiger partial charge in [-0.1, -0.05) is 29.4 Å². The molecule has 0 atom stereocenters. The molecule has 0 spiro atoms. The predicted octanol–water partition coefficient (Wildman–Crippen LogP) is 4.20. The van der Waals surface area contributed by atoms with E-state index in [2.05, 4.69) is 20.2 Å². The number of carbonyl (C=O) groups excluding carboxylic acids is 1. The van der Waals surface area contributed by atoms with E-state index in [0.29, 0.717) is 26.8 Å². The van der Waals surface area contributed by atoms with Crippen LogP contribution in [0, 0.1) is 6.92 Å². The molecule has 0 saturated heterocycles. The van der Waals surface area contributed by atoms with Gasteiger partial charge in [0.1, 0.15) is 5.82 Å². The van der Waals surface area contributed by atoms with Crippen LogP contribution in [0.3, 0.4) is 0 Å². The second kappa shape index (κ2) is 7.33. The zero-order chi connectivity index (χ0) is 17.1. The van der Waals surface area contributed by atoms with Crippen LogP contribution in [0.2, 0.25) is 5.02 Å². The lowest BCUT2D eigenvalue weighted by Gasteiger charge is -2.18. The molecule has 0 saturated carbocycles. The second-order valence-electron chi connectivity index (χ2n) is 4.95. The van der Waals surface area contributed by atoms with Gasteiger partial charge in [0.2, 0.25) is 11.1 Å². The first kappa shape index (κ1) is 16.9. The van der Waals surface area contributed by atoms with Crippen molar-refractivity contribution < 1.29 is 4.79 Å². The lowest BCUT2D eigenvalue weighted by Crippen LogP contribution is -2.22. The smallest absolute Gasteiger partial charge is 0.230 e. The predicted molar refractivity (Wildman–Crippen MR) is 97.1 cm³/mol. The minimum Gasteiger partial charge on any atom is -0.274 e. The summed E-state index contributed by atoms with van der Waals surface area (Å²) in [4.78, 5) is 22.4. The largest absolute Gasteiger partial charge is 0.274 e. The number of rotatable bonds is 5. The molecule has 0 aliphatic heterocycles. The molecule has 0 aliphatic rings. The number of hydrogen-bond donors (Lipinski definition) is 1. The van der Waals surface area contributed by atoms with E-state index >= 15 is 0 Å². The zero-order valence-electron chi connectivity index (χ0n) is 13.0. The number of hydrogen-bond acceptors (Lipinski definition) is 6. The maximum atomic E-state index is 12.1. The van der Waals surface area contributed by atoms with E-state index in [4.69, 9.17) is 11.6 Å². The van der Waals surface area contributed by atoms with Crippen molar-refractivity contribution in [3.8, 4) is 0 Å². The number of aromatic amines is 1. The van der Waals surface area contributed by atoms with E-state index in [-0.39, 0.29) is 5.91 Å². The van der Waals surface area contributed by atoms with E-state index in [1.165, 1.54) is 30.0 Å². The van der Waals surface area contributed by atoms with Crippen molar-refractivity contribution in [2.24, 2.45) is 0 Å². The molecule has 9 heteroatoms. The normalized spacial score (nSPS) is 10.8. The average Bonchev–Trinajstić information content (AvgIpc) is 3.14. The highest BCUT2D eigenvalue weighted by atomic mass is 35.5. The first-order chi connectivity index (χ1) is 11.5. The molecule has 2 heterocycles. The van der Waals surface area contributed by atoms with Crippen LogP contribution in [-0.4, -0.2) is 26.1 Å². The Morgan fingerprint density at radius 3 is 2.92 bits per heavy atom. The molecule has 0 fully saturated rings. The van der Waals surface area contributed by atoms with Crippen LogP contribution in [0.25, 0.3) is 0 Å². The molecule has 1 aromatic carbocycles. The lowest BCUT2D eigenvalue weighted by molar-refractivity contribution is -0.115. The van der Waals surface area contributed by atoms with Crippen LogP contribution in [0.4, 0.5) is 10.8 Å². The van der Waals surface area contributed by atoms with Gasteiger partial charge in [-0.05, 0) is 25.1 Å². The summed E-state index contributed by atoms with van der Waals surface area (Å²) in [5, 5.41) is 10.7. The maximum Gasteiger partial charge on any atom is 0.230 e. The molecule has 1 N–H and O–H groups in total. The number of benzene rings is 1. The minimum absolute atomic E-state index is 0.115. The molecular formula is C15H14ClN5OS2. The van der Waals surface area contributed by atoms with Crippen LogP contribution >= 0.6 is 34.7 Å². The average molecular weight is 380 g/mol.